The Bertz CT molecular complexity index is 1030. The number of methoxy groups -OCH3 is 1. The smallest absolute Gasteiger partial charge is 0.162 e. The fourth-order valence-electron chi connectivity index (χ4n) is 4.37. The number of benzene rings is 1. The number of nitrogens with zero attached hydrogens (tertiary/aromatic N) is 2. The molecule has 1 aliphatic heterocycles. The number of carbonyl (C=O) groups is 1. The average Bonchev–Trinajstić information content (AvgIpc) is 2.71. The van der Waals surface area contributed by atoms with E-state index < -0.39 is 5.92 Å². The lowest BCUT2D eigenvalue weighted by Crippen LogP contribution is -2.43. The van der Waals surface area contributed by atoms with Crippen molar-refractivity contribution in [3.05, 3.63) is 60.2 Å². The van der Waals surface area contributed by atoms with Gasteiger partial charge in [0.2, 0.25) is 0 Å². The highest BCUT2D eigenvalue weighted by Gasteiger charge is 2.44. The van der Waals surface area contributed by atoms with Crippen molar-refractivity contribution in [2.24, 2.45) is 11.1 Å². The monoisotopic (exact) mass is 659 g/mol. The minimum Gasteiger partial charge on any atom is -0.487 e. The third-order valence-corrected chi connectivity index (χ3v) is 7.31. The van der Waals surface area contributed by atoms with Gasteiger partial charge in [-0.3, -0.25) is 4.79 Å². The minimum atomic E-state index is -0.493. The van der Waals surface area contributed by atoms with Gasteiger partial charge >= 0.3 is 0 Å². The number of halogens is 2. The number of carbonyl (C=O) groups excluding carboxylic acids is 1. The first kappa shape index (κ1) is 25.1. The van der Waals surface area contributed by atoms with Crippen LogP contribution in [0.15, 0.2) is 47.5 Å². The van der Waals surface area contributed by atoms with Crippen molar-refractivity contribution in [3.63, 3.8) is 0 Å². The van der Waals surface area contributed by atoms with Crippen LogP contribution in [0.2, 0.25) is 0 Å². The summed E-state index contributed by atoms with van der Waals surface area (Å²) in [5.74, 6) is 0.748. The molecule has 1 aromatic carbocycles. The van der Waals surface area contributed by atoms with E-state index in [4.69, 9.17) is 15.2 Å². The molecule has 2 aliphatic rings. The van der Waals surface area contributed by atoms with Crippen molar-refractivity contribution in [2.45, 2.75) is 32.6 Å². The maximum absolute atomic E-state index is 13.5. The van der Waals surface area contributed by atoms with E-state index in [1.807, 2.05) is 17.0 Å². The van der Waals surface area contributed by atoms with Crippen LogP contribution < -0.4 is 10.5 Å². The Morgan fingerprint density at radius 3 is 2.56 bits per heavy atom. The Labute approximate surface area is 216 Å². The third-order valence-electron chi connectivity index (χ3n) is 5.71. The predicted molar refractivity (Wildman–Crippen MR) is 141 cm³/mol. The molecule has 0 amide bonds. The number of nitrogens with two attached hydrogens (primary N) is 1. The van der Waals surface area contributed by atoms with Crippen LogP contribution in [0.4, 0.5) is 0 Å². The van der Waals surface area contributed by atoms with Crippen LogP contribution in [-0.4, -0.2) is 37.6 Å². The fraction of sp³-hybridized carbons (Fsp3) is 0.417. The van der Waals surface area contributed by atoms with Crippen LogP contribution in [0.25, 0.3) is 0 Å². The Balaban J connectivity index is 2.21. The largest absolute Gasteiger partial charge is 0.487 e. The molecule has 0 bridgehead atoms. The van der Waals surface area contributed by atoms with Crippen LogP contribution in [0.3, 0.4) is 0 Å². The number of Topliss-reactive ketones (excluding diaryl/α,β-unsaturated/α-hetero) is 1. The molecule has 3 rings (SSSR count). The van der Waals surface area contributed by atoms with Crippen LogP contribution in [0.5, 0.6) is 5.75 Å². The number of hydrogen-bond donors (Lipinski definition) is 1. The molecule has 1 atom stereocenters. The Morgan fingerprint density at radius 1 is 1.34 bits per heavy atom. The summed E-state index contributed by atoms with van der Waals surface area (Å²) in [6.07, 6.45) is 2.85. The van der Waals surface area contributed by atoms with Gasteiger partial charge in [0, 0.05) is 31.3 Å². The highest BCUT2D eigenvalue weighted by Crippen LogP contribution is 2.49. The number of allylic oxidation sites excluding steroid dienone is 3. The molecule has 0 saturated heterocycles. The minimum absolute atomic E-state index is 0.0703. The summed E-state index contributed by atoms with van der Waals surface area (Å²) in [5.41, 5.74) is 9.23. The Kier molecular flexibility index (Phi) is 7.93. The lowest BCUT2D eigenvalue weighted by Gasteiger charge is -2.43. The van der Waals surface area contributed by atoms with E-state index in [1.54, 1.807) is 13.2 Å². The van der Waals surface area contributed by atoms with E-state index in [-0.39, 0.29) is 11.2 Å². The Morgan fingerprint density at radius 2 is 2.00 bits per heavy atom. The number of ether oxygens (including phenoxy) is 2. The maximum Gasteiger partial charge on any atom is 0.162 e. The lowest BCUT2D eigenvalue weighted by atomic mass is 9.68. The predicted octanol–water partition coefficient (Wildman–Crippen LogP) is 4.84. The zero-order valence-electron chi connectivity index (χ0n) is 18.5. The van der Waals surface area contributed by atoms with Crippen molar-refractivity contribution in [2.75, 3.05) is 26.9 Å². The molecule has 0 radical (unpaired) electrons. The summed E-state index contributed by atoms with van der Waals surface area (Å²) in [4.78, 5) is 15.4. The van der Waals surface area contributed by atoms with Crippen molar-refractivity contribution < 1.29 is 14.3 Å². The summed E-state index contributed by atoms with van der Waals surface area (Å²) < 4.78 is 12.9. The average molecular weight is 659 g/mol. The Hall–Kier alpha value is -1.58. The van der Waals surface area contributed by atoms with Gasteiger partial charge in [0.15, 0.2) is 5.78 Å². The van der Waals surface area contributed by atoms with Crippen molar-refractivity contribution in [3.8, 4) is 11.8 Å². The summed E-state index contributed by atoms with van der Waals surface area (Å²) in [7, 11) is 1.63. The topological polar surface area (TPSA) is 88.6 Å². The maximum atomic E-state index is 13.5. The number of nitriles is 1. The molecular weight excluding hydrogens is 632 g/mol. The normalized spacial score (nSPS) is 20.2. The molecule has 0 saturated carbocycles. The van der Waals surface area contributed by atoms with Gasteiger partial charge in [-0.15, -0.1) is 0 Å². The van der Waals surface area contributed by atoms with E-state index in [1.165, 1.54) is 0 Å². The molecule has 0 unspecified atom stereocenters. The van der Waals surface area contributed by atoms with E-state index in [0.717, 1.165) is 24.2 Å². The quantitative estimate of drug-likeness (QED) is 0.333. The molecule has 1 aliphatic carbocycles. The molecule has 6 nitrogen and oxygen atoms in total. The summed E-state index contributed by atoms with van der Waals surface area (Å²) in [5, 5.41) is 10.1. The lowest BCUT2D eigenvalue weighted by molar-refractivity contribution is -0.118. The van der Waals surface area contributed by atoms with Gasteiger partial charge in [0.1, 0.15) is 18.2 Å². The van der Waals surface area contributed by atoms with E-state index >= 15 is 0 Å². The zero-order valence-corrected chi connectivity index (χ0v) is 22.8. The molecule has 8 heteroatoms. The first-order chi connectivity index (χ1) is 15.1. The van der Waals surface area contributed by atoms with Crippen LogP contribution in [0, 0.1) is 23.9 Å². The number of hydrogen-bond acceptors (Lipinski definition) is 6. The molecule has 0 spiro atoms. The van der Waals surface area contributed by atoms with Crippen molar-refractivity contribution in [1.29, 1.82) is 5.26 Å². The number of ketones is 1. The number of rotatable bonds is 7. The van der Waals surface area contributed by atoms with Gasteiger partial charge in [-0.2, -0.15) is 5.26 Å². The highest BCUT2D eigenvalue weighted by atomic mass is 127. The van der Waals surface area contributed by atoms with Gasteiger partial charge in [0.05, 0.1) is 31.3 Å². The second-order valence-corrected chi connectivity index (χ2v) is 11.0. The van der Waals surface area contributed by atoms with Crippen molar-refractivity contribution >= 4 is 51.0 Å². The second kappa shape index (κ2) is 10.1. The molecule has 32 heavy (non-hydrogen) atoms. The molecule has 170 valence electrons. The van der Waals surface area contributed by atoms with Gasteiger partial charge in [-0.1, -0.05) is 26.5 Å². The molecule has 1 heterocycles. The third kappa shape index (κ3) is 4.84. The summed E-state index contributed by atoms with van der Waals surface area (Å²) >= 11 is 4.46. The fourth-order valence-corrected chi connectivity index (χ4v) is 6.50. The first-order valence-electron chi connectivity index (χ1n) is 10.3. The zero-order chi connectivity index (χ0) is 23.6. The molecular formula is C24H27I2N3O3. The van der Waals surface area contributed by atoms with E-state index in [0.29, 0.717) is 49.6 Å². The van der Waals surface area contributed by atoms with Crippen LogP contribution in [0.1, 0.15) is 38.2 Å². The first-order valence-corrected chi connectivity index (χ1v) is 12.5. The molecule has 0 fully saturated rings. The molecule has 1 aromatic rings. The molecule has 2 N–H and O–H groups in total. The van der Waals surface area contributed by atoms with Crippen molar-refractivity contribution in [1.82, 2.24) is 4.90 Å². The van der Waals surface area contributed by atoms with Gasteiger partial charge < -0.3 is 20.1 Å². The summed E-state index contributed by atoms with van der Waals surface area (Å²) in [6, 6.07) is 6.28. The van der Waals surface area contributed by atoms with E-state index in [2.05, 4.69) is 71.7 Å². The van der Waals surface area contributed by atoms with Gasteiger partial charge in [-0.05, 0) is 74.7 Å². The molecule has 0 aromatic heterocycles. The van der Waals surface area contributed by atoms with Gasteiger partial charge in [-0.25, -0.2) is 0 Å². The second-order valence-electron chi connectivity index (χ2n) is 8.70. The summed E-state index contributed by atoms with van der Waals surface area (Å²) in [6.45, 7) is 9.23. The van der Waals surface area contributed by atoms with E-state index in [9.17, 15) is 10.1 Å². The standard InChI is InChI=1S/C24H27I2N3O3/c1-5-7-32-22-16(25)9-14(10-17(22)26)20-15(13-27)23(28)29(6-8-31-4)18-11-24(2,3)12-19(30)21(18)20/h5,9-10,20H,1,6-8,11-12,28H2,2-4H3/t20-/m0/s1. The highest BCUT2D eigenvalue weighted by molar-refractivity contribution is 14.1. The van der Waals surface area contributed by atoms with Crippen LogP contribution >= 0.6 is 45.2 Å². The SMILES string of the molecule is C=CCOc1c(I)cc([C@H]2C(C#N)=C(N)N(CCOC)C3=C2C(=O)CC(C)(C)C3)cc1I. The van der Waals surface area contributed by atoms with Crippen LogP contribution in [-0.2, 0) is 9.53 Å². The van der Waals surface area contributed by atoms with Gasteiger partial charge in [0.25, 0.3) is 0 Å².